The lowest BCUT2D eigenvalue weighted by Crippen LogP contribution is -2.27. The van der Waals surface area contributed by atoms with Crippen molar-refractivity contribution in [3.8, 4) is 5.75 Å². The molecule has 3 amide bonds. The zero-order chi connectivity index (χ0) is 18.8. The van der Waals surface area contributed by atoms with Crippen molar-refractivity contribution in [2.75, 3.05) is 30.0 Å². The SMILES string of the molecule is O=C1COc2cc(C(=O)NCc3cccc(N4CCOC4=O)c3)ccc2N1. The minimum absolute atomic E-state index is 0.0657. The molecule has 2 aliphatic rings. The van der Waals surface area contributed by atoms with Crippen molar-refractivity contribution >= 4 is 29.3 Å². The second-order valence-electron chi connectivity index (χ2n) is 6.17. The van der Waals surface area contributed by atoms with Gasteiger partial charge in [-0.1, -0.05) is 12.1 Å². The summed E-state index contributed by atoms with van der Waals surface area (Å²) in [6.45, 7) is 1.13. The van der Waals surface area contributed by atoms with Crippen LogP contribution in [0.2, 0.25) is 0 Å². The van der Waals surface area contributed by atoms with Crippen LogP contribution < -0.4 is 20.3 Å². The van der Waals surface area contributed by atoms with E-state index in [1.54, 1.807) is 23.1 Å². The lowest BCUT2D eigenvalue weighted by Gasteiger charge is -2.18. The Bertz CT molecular complexity index is 927. The van der Waals surface area contributed by atoms with E-state index in [2.05, 4.69) is 10.6 Å². The van der Waals surface area contributed by atoms with E-state index in [1.165, 1.54) is 0 Å². The van der Waals surface area contributed by atoms with Gasteiger partial charge in [0.25, 0.3) is 11.8 Å². The van der Waals surface area contributed by atoms with Gasteiger partial charge in [0.05, 0.1) is 12.2 Å². The van der Waals surface area contributed by atoms with Gasteiger partial charge in [0, 0.05) is 17.8 Å². The van der Waals surface area contributed by atoms with Crippen LogP contribution in [0, 0.1) is 0 Å². The van der Waals surface area contributed by atoms with Crippen LogP contribution in [0.3, 0.4) is 0 Å². The average molecular weight is 367 g/mol. The second kappa shape index (κ2) is 6.99. The number of nitrogens with one attached hydrogen (secondary N) is 2. The first-order valence-electron chi connectivity index (χ1n) is 8.48. The molecule has 4 rings (SSSR count). The van der Waals surface area contributed by atoms with E-state index in [0.717, 1.165) is 11.3 Å². The molecule has 2 aromatic rings. The van der Waals surface area contributed by atoms with E-state index in [1.807, 2.05) is 24.3 Å². The Hall–Kier alpha value is -3.55. The Labute approximate surface area is 155 Å². The molecule has 0 atom stereocenters. The first-order chi connectivity index (χ1) is 13.1. The predicted octanol–water partition coefficient (Wildman–Crippen LogP) is 1.90. The predicted molar refractivity (Wildman–Crippen MR) is 96.9 cm³/mol. The van der Waals surface area contributed by atoms with E-state index in [-0.39, 0.29) is 24.5 Å². The molecule has 2 aromatic carbocycles. The van der Waals surface area contributed by atoms with Gasteiger partial charge in [0.1, 0.15) is 12.4 Å². The minimum Gasteiger partial charge on any atom is -0.482 e. The Morgan fingerprint density at radius 3 is 2.85 bits per heavy atom. The van der Waals surface area contributed by atoms with Crippen LogP contribution in [-0.2, 0) is 16.1 Å². The number of carbonyl (C=O) groups is 3. The number of nitrogens with zero attached hydrogens (tertiary/aromatic N) is 1. The van der Waals surface area contributed by atoms with Crippen molar-refractivity contribution in [1.82, 2.24) is 5.32 Å². The number of cyclic esters (lactones) is 1. The molecule has 2 aliphatic heterocycles. The molecule has 2 heterocycles. The van der Waals surface area contributed by atoms with Crippen LogP contribution in [0.4, 0.5) is 16.2 Å². The number of carbonyl (C=O) groups excluding carboxylic acids is 3. The Morgan fingerprint density at radius 2 is 2.04 bits per heavy atom. The quantitative estimate of drug-likeness (QED) is 0.860. The molecule has 8 heteroatoms. The summed E-state index contributed by atoms with van der Waals surface area (Å²) >= 11 is 0. The molecular formula is C19H17N3O5. The summed E-state index contributed by atoms with van der Waals surface area (Å²) in [6.07, 6.45) is -0.364. The highest BCUT2D eigenvalue weighted by atomic mass is 16.6. The molecule has 138 valence electrons. The molecule has 0 bridgehead atoms. The Morgan fingerprint density at radius 1 is 1.15 bits per heavy atom. The fraction of sp³-hybridized carbons (Fsp3) is 0.211. The molecular weight excluding hydrogens is 350 g/mol. The second-order valence-corrected chi connectivity index (χ2v) is 6.17. The normalized spacial score (nSPS) is 15.5. The number of ether oxygens (including phenoxy) is 2. The molecule has 0 unspecified atom stereocenters. The lowest BCUT2D eigenvalue weighted by molar-refractivity contribution is -0.118. The number of amides is 3. The van der Waals surface area contributed by atoms with Crippen LogP contribution in [-0.4, -0.2) is 37.7 Å². The smallest absolute Gasteiger partial charge is 0.414 e. The summed E-state index contributed by atoms with van der Waals surface area (Å²) < 4.78 is 10.3. The molecule has 0 saturated carbocycles. The van der Waals surface area contributed by atoms with Crippen molar-refractivity contribution in [2.24, 2.45) is 0 Å². The summed E-state index contributed by atoms with van der Waals surface area (Å²) in [5.41, 5.74) is 2.58. The highest BCUT2D eigenvalue weighted by Gasteiger charge is 2.23. The average Bonchev–Trinajstić information content (AvgIpc) is 3.12. The third-order valence-electron chi connectivity index (χ3n) is 4.31. The van der Waals surface area contributed by atoms with Gasteiger partial charge < -0.3 is 20.1 Å². The maximum absolute atomic E-state index is 12.4. The van der Waals surface area contributed by atoms with Gasteiger partial charge in [-0.2, -0.15) is 0 Å². The van der Waals surface area contributed by atoms with Crippen LogP contribution in [0.25, 0.3) is 0 Å². The zero-order valence-corrected chi connectivity index (χ0v) is 14.4. The van der Waals surface area contributed by atoms with E-state index < -0.39 is 0 Å². The molecule has 0 spiro atoms. The van der Waals surface area contributed by atoms with Gasteiger partial charge >= 0.3 is 6.09 Å². The maximum Gasteiger partial charge on any atom is 0.414 e. The summed E-state index contributed by atoms with van der Waals surface area (Å²) in [7, 11) is 0. The van der Waals surface area contributed by atoms with Crippen molar-refractivity contribution in [3.63, 3.8) is 0 Å². The molecule has 0 aliphatic carbocycles. The van der Waals surface area contributed by atoms with Crippen LogP contribution in [0.15, 0.2) is 42.5 Å². The van der Waals surface area contributed by atoms with Gasteiger partial charge in [-0.15, -0.1) is 0 Å². The van der Waals surface area contributed by atoms with Crippen molar-refractivity contribution < 1.29 is 23.9 Å². The van der Waals surface area contributed by atoms with Crippen LogP contribution in [0.5, 0.6) is 5.75 Å². The molecule has 1 saturated heterocycles. The molecule has 1 fully saturated rings. The number of rotatable bonds is 4. The fourth-order valence-corrected chi connectivity index (χ4v) is 2.96. The minimum atomic E-state index is -0.364. The third kappa shape index (κ3) is 3.55. The number of anilines is 2. The van der Waals surface area contributed by atoms with Gasteiger partial charge in [-0.05, 0) is 35.9 Å². The van der Waals surface area contributed by atoms with Gasteiger partial charge in [-0.3, -0.25) is 14.5 Å². The summed E-state index contributed by atoms with van der Waals surface area (Å²) in [6, 6.07) is 12.2. The Kier molecular flexibility index (Phi) is 4.37. The summed E-state index contributed by atoms with van der Waals surface area (Å²) in [5, 5.41) is 5.53. The first kappa shape index (κ1) is 16.9. The largest absolute Gasteiger partial charge is 0.482 e. The Balaban J connectivity index is 1.42. The van der Waals surface area contributed by atoms with Crippen LogP contribution >= 0.6 is 0 Å². The van der Waals surface area contributed by atoms with E-state index in [4.69, 9.17) is 9.47 Å². The van der Waals surface area contributed by atoms with E-state index in [9.17, 15) is 14.4 Å². The molecule has 0 radical (unpaired) electrons. The maximum atomic E-state index is 12.4. The summed E-state index contributed by atoms with van der Waals surface area (Å²) in [4.78, 5) is 36.9. The zero-order valence-electron chi connectivity index (χ0n) is 14.4. The first-order valence-corrected chi connectivity index (χ1v) is 8.48. The number of hydrogen-bond donors (Lipinski definition) is 2. The van der Waals surface area contributed by atoms with Crippen molar-refractivity contribution in [3.05, 3.63) is 53.6 Å². The van der Waals surface area contributed by atoms with E-state index in [0.29, 0.717) is 36.7 Å². The van der Waals surface area contributed by atoms with Crippen LogP contribution in [0.1, 0.15) is 15.9 Å². The summed E-state index contributed by atoms with van der Waals surface area (Å²) in [5.74, 6) is -0.0115. The monoisotopic (exact) mass is 367 g/mol. The molecule has 0 aromatic heterocycles. The number of hydrogen-bond acceptors (Lipinski definition) is 5. The third-order valence-corrected chi connectivity index (χ3v) is 4.31. The number of fused-ring (bicyclic) bond motifs is 1. The highest BCUT2D eigenvalue weighted by Crippen LogP contribution is 2.28. The van der Waals surface area contributed by atoms with Crippen molar-refractivity contribution in [2.45, 2.75) is 6.54 Å². The fourth-order valence-electron chi connectivity index (χ4n) is 2.96. The topological polar surface area (TPSA) is 97.0 Å². The molecule has 8 nitrogen and oxygen atoms in total. The molecule has 2 N–H and O–H groups in total. The molecule has 27 heavy (non-hydrogen) atoms. The number of benzene rings is 2. The lowest BCUT2D eigenvalue weighted by atomic mass is 10.1. The van der Waals surface area contributed by atoms with Gasteiger partial charge in [-0.25, -0.2) is 4.79 Å². The van der Waals surface area contributed by atoms with Gasteiger partial charge in [0.15, 0.2) is 6.61 Å². The standard InChI is InChI=1S/C19H17N3O5/c23-17-11-27-16-9-13(4-5-15(16)21-17)18(24)20-10-12-2-1-3-14(8-12)22-6-7-26-19(22)25/h1-5,8-9H,6-7,10-11H2,(H,20,24)(H,21,23). The highest BCUT2D eigenvalue weighted by molar-refractivity contribution is 5.99. The van der Waals surface area contributed by atoms with Gasteiger partial charge in [0.2, 0.25) is 0 Å². The van der Waals surface area contributed by atoms with Crippen molar-refractivity contribution in [1.29, 1.82) is 0 Å². The van der Waals surface area contributed by atoms with E-state index >= 15 is 0 Å².